The first-order valence-corrected chi connectivity index (χ1v) is 9.58. The van der Waals surface area contributed by atoms with E-state index < -0.39 is 5.60 Å². The average Bonchev–Trinajstić information content (AvgIpc) is 3.22. The zero-order chi connectivity index (χ0) is 16.6. The maximum absolute atomic E-state index is 12.2. The number of hydrogen-bond donors (Lipinski definition) is 2. The number of nitrogens with one attached hydrogen (secondary N) is 1. The number of amides is 1. The van der Waals surface area contributed by atoms with Crippen LogP contribution in [0, 0.1) is 0 Å². The molecule has 0 aliphatic carbocycles. The lowest BCUT2D eigenvalue weighted by Crippen LogP contribution is -2.42. The summed E-state index contributed by atoms with van der Waals surface area (Å²) in [6.07, 6.45) is 6.10. The molecule has 3 heterocycles. The predicted molar refractivity (Wildman–Crippen MR) is 96.1 cm³/mol. The normalized spacial score (nSPS) is 23.0. The van der Waals surface area contributed by atoms with Gasteiger partial charge >= 0.3 is 0 Å². The van der Waals surface area contributed by atoms with Gasteiger partial charge in [-0.15, -0.1) is 0 Å². The van der Waals surface area contributed by atoms with E-state index in [9.17, 15) is 9.90 Å². The molecule has 1 saturated heterocycles. The maximum Gasteiger partial charge on any atom is 0.257 e. The summed E-state index contributed by atoms with van der Waals surface area (Å²) in [4.78, 5) is 17.0. The Labute approximate surface area is 145 Å². The highest BCUT2D eigenvalue weighted by molar-refractivity contribution is 7.99. The molecule has 2 aliphatic rings. The van der Waals surface area contributed by atoms with Gasteiger partial charge in [-0.05, 0) is 37.1 Å². The van der Waals surface area contributed by atoms with Crippen LogP contribution < -0.4 is 5.32 Å². The van der Waals surface area contributed by atoms with Crippen LogP contribution in [0.25, 0.3) is 11.3 Å². The molecule has 1 unspecified atom stereocenters. The molecule has 4 rings (SSSR count). The van der Waals surface area contributed by atoms with Gasteiger partial charge in [0.15, 0.2) is 5.60 Å². The molecule has 2 N–H and O–H groups in total. The molecule has 0 spiro atoms. The molecule has 1 aromatic heterocycles. The number of imidazole rings is 1. The zero-order valence-electron chi connectivity index (χ0n) is 13.5. The van der Waals surface area contributed by atoms with E-state index in [0.29, 0.717) is 17.9 Å². The van der Waals surface area contributed by atoms with Crippen LogP contribution in [0.5, 0.6) is 0 Å². The van der Waals surface area contributed by atoms with Crippen molar-refractivity contribution in [1.82, 2.24) is 9.55 Å². The number of fused-ring (bicyclic) bond motifs is 1. The Bertz CT molecular complexity index is 725. The maximum atomic E-state index is 12.2. The predicted octanol–water partition coefficient (Wildman–Crippen LogP) is 2.69. The second-order valence-corrected chi connectivity index (χ2v) is 7.66. The van der Waals surface area contributed by atoms with E-state index >= 15 is 0 Å². The van der Waals surface area contributed by atoms with Crippen LogP contribution in [0.2, 0.25) is 0 Å². The smallest absolute Gasteiger partial charge is 0.257 e. The summed E-state index contributed by atoms with van der Waals surface area (Å²) in [7, 11) is 0. The van der Waals surface area contributed by atoms with E-state index in [0.717, 1.165) is 35.8 Å². The van der Waals surface area contributed by atoms with Crippen LogP contribution in [0.4, 0.5) is 5.69 Å². The summed E-state index contributed by atoms with van der Waals surface area (Å²) in [6, 6.07) is 7.68. The number of carbonyl (C=O) groups excluding carboxylic acids is 1. The highest BCUT2D eigenvalue weighted by atomic mass is 32.2. The van der Waals surface area contributed by atoms with Gasteiger partial charge in [-0.2, -0.15) is 11.8 Å². The summed E-state index contributed by atoms with van der Waals surface area (Å²) in [6.45, 7) is 1.05. The Morgan fingerprint density at radius 2 is 2.12 bits per heavy atom. The van der Waals surface area contributed by atoms with Gasteiger partial charge in [-0.1, -0.05) is 12.1 Å². The number of aromatic nitrogens is 2. The van der Waals surface area contributed by atoms with E-state index in [-0.39, 0.29) is 5.91 Å². The van der Waals surface area contributed by atoms with Crippen molar-refractivity contribution in [2.45, 2.75) is 37.8 Å². The van der Waals surface area contributed by atoms with Crippen molar-refractivity contribution in [1.29, 1.82) is 0 Å². The molecule has 0 bridgehead atoms. The molecular formula is C18H21N3O2S. The van der Waals surface area contributed by atoms with Crippen LogP contribution in [0.3, 0.4) is 0 Å². The summed E-state index contributed by atoms with van der Waals surface area (Å²) in [5, 5.41) is 13.1. The van der Waals surface area contributed by atoms with E-state index in [2.05, 4.69) is 16.1 Å². The van der Waals surface area contributed by atoms with E-state index in [1.54, 1.807) is 11.8 Å². The molecular weight excluding hydrogens is 322 g/mol. The van der Waals surface area contributed by atoms with Crippen molar-refractivity contribution in [3.63, 3.8) is 0 Å². The Kier molecular flexibility index (Phi) is 4.10. The van der Waals surface area contributed by atoms with Crippen LogP contribution in [-0.4, -0.2) is 37.7 Å². The fraction of sp³-hybridized carbons (Fsp3) is 0.444. The van der Waals surface area contributed by atoms with Crippen LogP contribution >= 0.6 is 11.8 Å². The monoisotopic (exact) mass is 343 g/mol. The minimum Gasteiger partial charge on any atom is -0.379 e. The quantitative estimate of drug-likeness (QED) is 0.899. The van der Waals surface area contributed by atoms with Gasteiger partial charge in [-0.3, -0.25) is 4.79 Å². The summed E-state index contributed by atoms with van der Waals surface area (Å²) in [5.41, 5.74) is 1.50. The van der Waals surface area contributed by atoms with E-state index in [1.807, 2.05) is 24.3 Å². The zero-order valence-corrected chi connectivity index (χ0v) is 14.3. The molecule has 2 aliphatic heterocycles. The summed E-state index contributed by atoms with van der Waals surface area (Å²) < 4.78 is 2.24. The Morgan fingerprint density at radius 1 is 1.29 bits per heavy atom. The minimum absolute atomic E-state index is 0.308. The molecule has 1 fully saturated rings. The number of aryl methyl sites for hydroxylation is 2. The lowest BCUT2D eigenvalue weighted by atomic mass is 10.0. The first-order chi connectivity index (χ1) is 11.6. The molecule has 1 amide bonds. The van der Waals surface area contributed by atoms with Crippen molar-refractivity contribution in [2.24, 2.45) is 0 Å². The number of thioether (sulfide) groups is 1. The van der Waals surface area contributed by atoms with Crippen molar-refractivity contribution < 1.29 is 9.90 Å². The van der Waals surface area contributed by atoms with Gasteiger partial charge in [0.25, 0.3) is 5.91 Å². The third-order valence-corrected chi connectivity index (χ3v) is 5.95. The number of hydrogen-bond acceptors (Lipinski definition) is 4. The van der Waals surface area contributed by atoms with Crippen LogP contribution in [0.1, 0.15) is 25.1 Å². The topological polar surface area (TPSA) is 67.2 Å². The van der Waals surface area contributed by atoms with E-state index in [4.69, 9.17) is 4.98 Å². The molecule has 2 aromatic rings. The third kappa shape index (κ3) is 2.96. The largest absolute Gasteiger partial charge is 0.379 e. The standard InChI is InChI=1S/C18H21N3O2S/c22-17(18(23)8-10-24-12-18)19-14-6-4-13(5-7-14)15-11-21-9-2-1-3-16(21)20-15/h4-7,11,23H,1-3,8-10,12H2,(H,19,22). The lowest BCUT2D eigenvalue weighted by molar-refractivity contribution is -0.131. The molecule has 6 heteroatoms. The Balaban J connectivity index is 1.48. The Hall–Kier alpha value is -1.79. The van der Waals surface area contributed by atoms with Crippen LogP contribution in [0.15, 0.2) is 30.5 Å². The first kappa shape index (κ1) is 15.7. The van der Waals surface area contributed by atoms with Gasteiger partial charge in [-0.25, -0.2) is 4.98 Å². The number of benzene rings is 1. The van der Waals surface area contributed by atoms with E-state index in [1.165, 1.54) is 12.8 Å². The number of anilines is 1. The molecule has 1 atom stereocenters. The van der Waals surface area contributed by atoms with Gasteiger partial charge in [0.05, 0.1) is 5.69 Å². The number of rotatable bonds is 3. The highest BCUT2D eigenvalue weighted by Gasteiger charge is 2.39. The summed E-state index contributed by atoms with van der Waals surface area (Å²) in [5.74, 6) is 2.15. The molecule has 1 aromatic carbocycles. The second kappa shape index (κ2) is 6.26. The SMILES string of the molecule is O=C(Nc1ccc(-c2cn3c(n2)CCCC3)cc1)C1(O)CCSC1. The van der Waals surface area contributed by atoms with Gasteiger partial charge < -0.3 is 15.0 Å². The van der Waals surface area contributed by atoms with Crippen molar-refractivity contribution in [3.8, 4) is 11.3 Å². The second-order valence-electron chi connectivity index (χ2n) is 6.56. The average molecular weight is 343 g/mol. The van der Waals surface area contributed by atoms with Gasteiger partial charge in [0, 0.05) is 36.2 Å². The molecule has 5 nitrogen and oxygen atoms in total. The van der Waals surface area contributed by atoms with Crippen molar-refractivity contribution in [2.75, 3.05) is 16.8 Å². The van der Waals surface area contributed by atoms with Crippen molar-refractivity contribution in [3.05, 3.63) is 36.3 Å². The number of aliphatic hydroxyl groups is 1. The van der Waals surface area contributed by atoms with Crippen molar-refractivity contribution >= 4 is 23.4 Å². The molecule has 0 radical (unpaired) electrons. The molecule has 0 saturated carbocycles. The minimum atomic E-state index is -1.23. The highest BCUT2D eigenvalue weighted by Crippen LogP contribution is 2.29. The fourth-order valence-electron chi connectivity index (χ4n) is 3.26. The lowest BCUT2D eigenvalue weighted by Gasteiger charge is -2.20. The van der Waals surface area contributed by atoms with Gasteiger partial charge in [0.2, 0.25) is 0 Å². The van der Waals surface area contributed by atoms with Gasteiger partial charge in [0.1, 0.15) is 5.82 Å². The van der Waals surface area contributed by atoms with Crippen LogP contribution in [-0.2, 0) is 17.8 Å². The number of nitrogens with zero attached hydrogens (tertiary/aromatic N) is 2. The third-order valence-electron chi connectivity index (χ3n) is 4.77. The molecule has 126 valence electrons. The Morgan fingerprint density at radius 3 is 2.83 bits per heavy atom. The first-order valence-electron chi connectivity index (χ1n) is 8.42. The molecule has 24 heavy (non-hydrogen) atoms. The fourth-order valence-corrected chi connectivity index (χ4v) is 4.50. The number of carbonyl (C=O) groups is 1. The summed E-state index contributed by atoms with van der Waals surface area (Å²) >= 11 is 1.61.